The maximum absolute atomic E-state index is 13.2. The van der Waals surface area contributed by atoms with Crippen LogP contribution in [0.3, 0.4) is 0 Å². The third kappa shape index (κ3) is 4.05. The van der Waals surface area contributed by atoms with E-state index in [2.05, 4.69) is 39.6 Å². The van der Waals surface area contributed by atoms with Crippen LogP contribution in [0.15, 0.2) is 94.5 Å². The Morgan fingerprint density at radius 3 is 2.64 bits per heavy atom. The number of ketones is 1. The van der Waals surface area contributed by atoms with Crippen LogP contribution < -0.4 is 5.32 Å². The van der Waals surface area contributed by atoms with Crippen LogP contribution in [0, 0.1) is 0 Å². The zero-order valence-corrected chi connectivity index (χ0v) is 19.7. The molecule has 0 aliphatic carbocycles. The summed E-state index contributed by atoms with van der Waals surface area (Å²) in [5.41, 5.74) is 6.42. The monoisotopic (exact) mass is 473 g/mol. The number of hydrogen-bond acceptors (Lipinski definition) is 7. The molecule has 176 valence electrons. The van der Waals surface area contributed by atoms with Gasteiger partial charge in [-0.3, -0.25) is 14.8 Å². The number of fused-ring (bicyclic) bond motifs is 2. The second-order valence-corrected chi connectivity index (χ2v) is 8.67. The molecule has 3 heterocycles. The van der Waals surface area contributed by atoms with Crippen molar-refractivity contribution < 1.29 is 9.21 Å². The molecule has 7 nitrogen and oxygen atoms in total. The van der Waals surface area contributed by atoms with Crippen molar-refractivity contribution in [2.75, 3.05) is 5.32 Å². The topological polar surface area (TPSA) is 93.3 Å². The first-order valence-corrected chi connectivity index (χ1v) is 11.9. The highest BCUT2D eigenvalue weighted by molar-refractivity contribution is 6.16. The summed E-state index contributed by atoms with van der Waals surface area (Å²) < 4.78 is 5.98. The number of nitrogens with one attached hydrogen (secondary N) is 1. The minimum Gasteiger partial charge on any atom is -0.403 e. The van der Waals surface area contributed by atoms with Gasteiger partial charge in [-0.2, -0.15) is 0 Å². The van der Waals surface area contributed by atoms with Gasteiger partial charge in [0.2, 0.25) is 5.89 Å². The van der Waals surface area contributed by atoms with Gasteiger partial charge < -0.3 is 9.73 Å². The molecule has 0 bridgehead atoms. The van der Waals surface area contributed by atoms with E-state index in [0.29, 0.717) is 5.89 Å². The number of aryl methyl sites for hydroxylation is 1. The highest BCUT2D eigenvalue weighted by Crippen LogP contribution is 2.29. The van der Waals surface area contributed by atoms with Gasteiger partial charge in [0.15, 0.2) is 11.9 Å². The van der Waals surface area contributed by atoms with Crippen molar-refractivity contribution in [1.29, 1.82) is 0 Å². The molecule has 0 unspecified atom stereocenters. The Balaban J connectivity index is 1.36. The van der Waals surface area contributed by atoms with Gasteiger partial charge in [-0.25, -0.2) is 0 Å². The van der Waals surface area contributed by atoms with Crippen molar-refractivity contribution in [3.8, 4) is 11.5 Å². The molecule has 0 fully saturated rings. The summed E-state index contributed by atoms with van der Waals surface area (Å²) >= 11 is 0. The first-order chi connectivity index (χ1) is 17.7. The van der Waals surface area contributed by atoms with Gasteiger partial charge in [0.1, 0.15) is 0 Å². The number of rotatable bonds is 5. The van der Waals surface area contributed by atoms with Gasteiger partial charge in [0, 0.05) is 34.7 Å². The van der Waals surface area contributed by atoms with E-state index in [0.717, 1.165) is 45.3 Å². The van der Waals surface area contributed by atoms with Crippen LogP contribution in [0.2, 0.25) is 0 Å². The van der Waals surface area contributed by atoms with Crippen molar-refractivity contribution in [1.82, 2.24) is 15.2 Å². The largest absolute Gasteiger partial charge is 0.403 e. The van der Waals surface area contributed by atoms with Crippen LogP contribution in [-0.2, 0) is 17.6 Å². The molecule has 1 atom stereocenters. The molecule has 1 aliphatic rings. The van der Waals surface area contributed by atoms with Gasteiger partial charge in [0.05, 0.1) is 11.2 Å². The SMILES string of the molecule is CCc1ccc2nccc(-c3nnc(N[C@H]4N=C(c5ccccc5)c5ccccc5CC4=O)o3)c2c1. The number of aliphatic imine (C=N–C) groups is 1. The molecule has 7 heteroatoms. The zero-order chi connectivity index (χ0) is 24.5. The Morgan fingerprint density at radius 1 is 0.944 bits per heavy atom. The highest BCUT2D eigenvalue weighted by atomic mass is 16.4. The van der Waals surface area contributed by atoms with Gasteiger partial charge in [0.25, 0.3) is 0 Å². The highest BCUT2D eigenvalue weighted by Gasteiger charge is 2.27. The standard InChI is InChI=1S/C29H23N5O2/c1-2-18-12-13-24-23(16-18)22(14-15-30-24)28-33-34-29(36-28)32-27-25(35)17-20-10-6-7-11-21(20)26(31-27)19-8-4-3-5-9-19/h3-16,27H,2,17H2,1H3,(H,32,34)/t27-/m1/s1. The Kier molecular flexibility index (Phi) is 5.58. The van der Waals surface area contributed by atoms with Crippen LogP contribution >= 0.6 is 0 Å². The number of aromatic nitrogens is 3. The Labute approximate surface area is 207 Å². The fourth-order valence-electron chi connectivity index (χ4n) is 4.51. The molecule has 3 aromatic carbocycles. The molecule has 2 aromatic heterocycles. The number of anilines is 1. The van der Waals surface area contributed by atoms with Gasteiger partial charge in [-0.1, -0.05) is 72.7 Å². The lowest BCUT2D eigenvalue weighted by Gasteiger charge is -2.11. The molecule has 5 aromatic rings. The van der Waals surface area contributed by atoms with Gasteiger partial charge >= 0.3 is 6.01 Å². The molecular formula is C29H23N5O2. The number of carbonyl (C=O) groups excluding carboxylic acids is 1. The van der Waals surface area contributed by atoms with Crippen LogP contribution in [-0.4, -0.2) is 32.8 Å². The summed E-state index contributed by atoms with van der Waals surface area (Å²) in [6, 6.07) is 25.9. The van der Waals surface area contributed by atoms with E-state index in [1.807, 2.05) is 66.7 Å². The first kappa shape index (κ1) is 21.9. The summed E-state index contributed by atoms with van der Waals surface area (Å²) in [5, 5.41) is 12.4. The predicted molar refractivity (Wildman–Crippen MR) is 139 cm³/mol. The van der Waals surface area contributed by atoms with Crippen LogP contribution in [0.5, 0.6) is 0 Å². The van der Waals surface area contributed by atoms with Crippen molar-refractivity contribution in [3.05, 3.63) is 107 Å². The lowest BCUT2D eigenvalue weighted by atomic mass is 9.96. The molecule has 0 spiro atoms. The molecule has 36 heavy (non-hydrogen) atoms. The lowest BCUT2D eigenvalue weighted by molar-refractivity contribution is -0.119. The van der Waals surface area contributed by atoms with Crippen LogP contribution in [0.1, 0.15) is 29.2 Å². The van der Waals surface area contributed by atoms with E-state index in [-0.39, 0.29) is 18.2 Å². The van der Waals surface area contributed by atoms with E-state index in [9.17, 15) is 4.79 Å². The van der Waals surface area contributed by atoms with Crippen molar-refractivity contribution in [3.63, 3.8) is 0 Å². The average Bonchev–Trinajstić information content (AvgIpc) is 3.34. The molecule has 0 saturated carbocycles. The Morgan fingerprint density at radius 2 is 1.78 bits per heavy atom. The summed E-state index contributed by atoms with van der Waals surface area (Å²) in [5.74, 6) is 0.282. The summed E-state index contributed by atoms with van der Waals surface area (Å²) in [4.78, 5) is 22.5. The van der Waals surface area contributed by atoms with E-state index < -0.39 is 6.17 Å². The van der Waals surface area contributed by atoms with E-state index >= 15 is 0 Å². The second kappa shape index (κ2) is 9.19. The number of pyridine rings is 1. The van der Waals surface area contributed by atoms with Crippen molar-refractivity contribution in [2.24, 2.45) is 4.99 Å². The minimum absolute atomic E-state index is 0.0740. The molecule has 0 saturated heterocycles. The molecule has 1 aliphatic heterocycles. The normalized spacial score (nSPS) is 15.3. The molecule has 1 N–H and O–H groups in total. The average molecular weight is 474 g/mol. The Bertz CT molecular complexity index is 1610. The number of carbonyl (C=O) groups is 1. The number of hydrogen-bond donors (Lipinski definition) is 1. The fraction of sp³-hybridized carbons (Fsp3) is 0.138. The maximum Gasteiger partial charge on any atom is 0.317 e. The van der Waals surface area contributed by atoms with E-state index in [1.165, 1.54) is 5.56 Å². The maximum atomic E-state index is 13.2. The first-order valence-electron chi connectivity index (χ1n) is 11.9. The summed E-state index contributed by atoms with van der Waals surface area (Å²) in [7, 11) is 0. The molecule has 0 amide bonds. The third-order valence-corrected chi connectivity index (χ3v) is 6.38. The van der Waals surface area contributed by atoms with Gasteiger partial charge in [-0.05, 0) is 35.7 Å². The van der Waals surface area contributed by atoms with Crippen LogP contribution in [0.4, 0.5) is 6.01 Å². The number of Topliss-reactive ketones (excluding diaryl/α,β-unsaturated/α-hetero) is 1. The minimum atomic E-state index is -0.859. The predicted octanol–water partition coefficient (Wildman–Crippen LogP) is 5.25. The van der Waals surface area contributed by atoms with Crippen molar-refractivity contribution in [2.45, 2.75) is 25.9 Å². The van der Waals surface area contributed by atoms with Crippen LogP contribution in [0.25, 0.3) is 22.4 Å². The lowest BCUT2D eigenvalue weighted by Crippen LogP contribution is -2.29. The molecule has 6 rings (SSSR count). The second-order valence-electron chi connectivity index (χ2n) is 8.67. The smallest absolute Gasteiger partial charge is 0.317 e. The third-order valence-electron chi connectivity index (χ3n) is 6.38. The zero-order valence-electron chi connectivity index (χ0n) is 19.7. The van der Waals surface area contributed by atoms with E-state index in [4.69, 9.17) is 9.41 Å². The number of benzene rings is 3. The molecular weight excluding hydrogens is 450 g/mol. The Hall–Kier alpha value is -4.65. The van der Waals surface area contributed by atoms with E-state index in [1.54, 1.807) is 6.20 Å². The van der Waals surface area contributed by atoms with Gasteiger partial charge in [-0.15, -0.1) is 5.10 Å². The quantitative estimate of drug-likeness (QED) is 0.375. The summed E-state index contributed by atoms with van der Waals surface area (Å²) in [6.07, 6.45) is 2.03. The molecule has 0 radical (unpaired) electrons. The van der Waals surface area contributed by atoms with Crippen molar-refractivity contribution >= 4 is 28.4 Å². The number of nitrogens with zero attached hydrogens (tertiary/aromatic N) is 4. The fourth-order valence-corrected chi connectivity index (χ4v) is 4.51. The summed E-state index contributed by atoms with van der Waals surface area (Å²) in [6.45, 7) is 2.11.